The van der Waals surface area contributed by atoms with Crippen molar-refractivity contribution in [2.45, 2.75) is 58.1 Å². The van der Waals surface area contributed by atoms with Crippen LogP contribution in [0.25, 0.3) is 0 Å². The summed E-state index contributed by atoms with van der Waals surface area (Å²) in [7, 11) is 0. The van der Waals surface area contributed by atoms with Crippen LogP contribution in [0, 0.1) is 6.92 Å². The van der Waals surface area contributed by atoms with E-state index in [0.29, 0.717) is 6.10 Å². The first-order valence-corrected chi connectivity index (χ1v) is 7.91. The van der Waals surface area contributed by atoms with Gasteiger partial charge < -0.3 is 10.1 Å². The Morgan fingerprint density at radius 3 is 3.00 bits per heavy atom. The molecule has 4 heteroatoms. The molecule has 1 unspecified atom stereocenters. The molecule has 0 bridgehead atoms. The van der Waals surface area contributed by atoms with Gasteiger partial charge in [0.15, 0.2) is 0 Å². The molecule has 0 radical (unpaired) electrons. The summed E-state index contributed by atoms with van der Waals surface area (Å²) in [5.41, 5.74) is 3.08. The average molecular weight is 268 g/mol. The van der Waals surface area contributed by atoms with Crippen molar-refractivity contribution in [1.82, 2.24) is 10.3 Å². The Morgan fingerprint density at radius 2 is 2.39 bits per heavy atom. The van der Waals surface area contributed by atoms with Gasteiger partial charge in [0.05, 0.1) is 23.9 Å². The van der Waals surface area contributed by atoms with Gasteiger partial charge >= 0.3 is 0 Å². The molecule has 1 fully saturated rings. The molecule has 1 aromatic heterocycles. The van der Waals surface area contributed by atoms with E-state index in [1.807, 2.05) is 5.51 Å². The molecule has 0 saturated heterocycles. The number of rotatable bonds is 9. The van der Waals surface area contributed by atoms with E-state index in [-0.39, 0.29) is 0 Å². The molecular weight excluding hydrogens is 244 g/mol. The highest BCUT2D eigenvalue weighted by atomic mass is 32.1. The molecule has 0 aliphatic heterocycles. The molecule has 1 saturated carbocycles. The normalized spacial score (nSPS) is 17.0. The molecule has 3 nitrogen and oxygen atoms in total. The van der Waals surface area contributed by atoms with Crippen molar-refractivity contribution in [3.63, 3.8) is 0 Å². The maximum Gasteiger partial charge on any atom is 0.0797 e. The van der Waals surface area contributed by atoms with Gasteiger partial charge in [0.2, 0.25) is 0 Å². The van der Waals surface area contributed by atoms with Gasteiger partial charge in [-0.15, -0.1) is 11.3 Å². The number of aryl methyl sites for hydroxylation is 1. The summed E-state index contributed by atoms with van der Waals surface area (Å²) in [6.45, 7) is 6.13. The maximum absolute atomic E-state index is 6.01. The minimum absolute atomic E-state index is 0.379. The van der Waals surface area contributed by atoms with E-state index in [1.165, 1.54) is 24.1 Å². The van der Waals surface area contributed by atoms with E-state index >= 15 is 0 Å². The van der Waals surface area contributed by atoms with E-state index in [2.05, 4.69) is 24.1 Å². The quantitative estimate of drug-likeness (QED) is 0.747. The maximum atomic E-state index is 6.01. The van der Waals surface area contributed by atoms with Crippen LogP contribution in [0.3, 0.4) is 0 Å². The molecule has 1 heterocycles. The van der Waals surface area contributed by atoms with E-state index < -0.39 is 0 Å². The van der Waals surface area contributed by atoms with Crippen molar-refractivity contribution in [1.29, 1.82) is 0 Å². The zero-order valence-corrected chi connectivity index (χ0v) is 12.3. The zero-order chi connectivity index (χ0) is 12.8. The summed E-state index contributed by atoms with van der Waals surface area (Å²) in [4.78, 5) is 5.63. The molecule has 0 amide bonds. The molecule has 18 heavy (non-hydrogen) atoms. The number of hydrogen-bond donors (Lipinski definition) is 1. The summed E-state index contributed by atoms with van der Waals surface area (Å²) in [5, 5.41) is 3.56. The van der Waals surface area contributed by atoms with Crippen LogP contribution in [0.15, 0.2) is 5.51 Å². The molecule has 0 aromatic carbocycles. The minimum atomic E-state index is 0.379. The van der Waals surface area contributed by atoms with E-state index in [4.69, 9.17) is 4.74 Å². The summed E-state index contributed by atoms with van der Waals surface area (Å²) in [6, 6.07) is 0.775. The molecule has 1 aliphatic rings. The molecule has 1 atom stereocenters. The first-order valence-electron chi connectivity index (χ1n) is 7.03. The SMILES string of the molecule is CCCC(CNC1CC1)OCCc1scnc1C. The highest BCUT2D eigenvalue weighted by Crippen LogP contribution is 2.19. The third-order valence-electron chi connectivity index (χ3n) is 3.35. The lowest BCUT2D eigenvalue weighted by Gasteiger charge is -2.17. The number of nitrogens with one attached hydrogen (secondary N) is 1. The van der Waals surface area contributed by atoms with Crippen LogP contribution in [-0.2, 0) is 11.2 Å². The Hall–Kier alpha value is -0.450. The predicted molar refractivity (Wildman–Crippen MR) is 76.2 cm³/mol. The minimum Gasteiger partial charge on any atom is -0.377 e. The lowest BCUT2D eigenvalue weighted by Crippen LogP contribution is -2.31. The second-order valence-corrected chi connectivity index (χ2v) is 6.01. The zero-order valence-electron chi connectivity index (χ0n) is 11.4. The fraction of sp³-hybridized carbons (Fsp3) is 0.786. The second-order valence-electron chi connectivity index (χ2n) is 5.07. The number of hydrogen-bond acceptors (Lipinski definition) is 4. The van der Waals surface area contributed by atoms with Gasteiger partial charge in [-0.05, 0) is 26.2 Å². The van der Waals surface area contributed by atoms with Gasteiger partial charge in [0.1, 0.15) is 0 Å². The molecule has 1 aromatic rings. The number of aromatic nitrogens is 1. The van der Waals surface area contributed by atoms with Gasteiger partial charge in [0.25, 0.3) is 0 Å². The van der Waals surface area contributed by atoms with Crippen LogP contribution in [0.1, 0.15) is 43.2 Å². The van der Waals surface area contributed by atoms with E-state index in [0.717, 1.165) is 37.7 Å². The fourth-order valence-corrected chi connectivity index (χ4v) is 2.80. The topological polar surface area (TPSA) is 34.1 Å². The smallest absolute Gasteiger partial charge is 0.0797 e. The Balaban J connectivity index is 1.65. The molecule has 0 spiro atoms. The summed E-state index contributed by atoms with van der Waals surface area (Å²) < 4.78 is 6.01. The molecular formula is C14H24N2OS. The van der Waals surface area contributed by atoms with Crippen molar-refractivity contribution in [2.24, 2.45) is 0 Å². The average Bonchev–Trinajstić information content (AvgIpc) is 3.10. The lowest BCUT2D eigenvalue weighted by molar-refractivity contribution is 0.0490. The lowest BCUT2D eigenvalue weighted by atomic mass is 10.2. The highest BCUT2D eigenvalue weighted by molar-refractivity contribution is 7.09. The Morgan fingerprint density at radius 1 is 1.56 bits per heavy atom. The van der Waals surface area contributed by atoms with Crippen LogP contribution in [0.4, 0.5) is 0 Å². The second kappa shape index (κ2) is 7.22. The van der Waals surface area contributed by atoms with Gasteiger partial charge in [-0.3, -0.25) is 0 Å². The van der Waals surface area contributed by atoms with Crippen LogP contribution in [0.5, 0.6) is 0 Å². The fourth-order valence-electron chi connectivity index (χ4n) is 2.04. The third kappa shape index (κ3) is 4.67. The largest absolute Gasteiger partial charge is 0.377 e. The summed E-state index contributed by atoms with van der Waals surface area (Å²) >= 11 is 1.74. The molecule has 2 rings (SSSR count). The van der Waals surface area contributed by atoms with E-state index in [9.17, 15) is 0 Å². The first kappa shape index (κ1) is 14.0. The van der Waals surface area contributed by atoms with Crippen molar-refractivity contribution in [3.8, 4) is 0 Å². The first-order chi connectivity index (χ1) is 8.79. The molecule has 1 N–H and O–H groups in total. The van der Waals surface area contributed by atoms with Gasteiger partial charge in [-0.2, -0.15) is 0 Å². The van der Waals surface area contributed by atoms with Crippen molar-refractivity contribution in [2.75, 3.05) is 13.2 Å². The van der Waals surface area contributed by atoms with Gasteiger partial charge in [-0.25, -0.2) is 4.98 Å². The van der Waals surface area contributed by atoms with Crippen LogP contribution in [-0.4, -0.2) is 30.3 Å². The summed E-state index contributed by atoms with van der Waals surface area (Å²) in [5.74, 6) is 0. The Kier molecular flexibility index (Phi) is 5.60. The van der Waals surface area contributed by atoms with Crippen LogP contribution >= 0.6 is 11.3 Å². The Labute approximate surface area is 114 Å². The highest BCUT2D eigenvalue weighted by Gasteiger charge is 2.21. The van der Waals surface area contributed by atoms with Crippen LogP contribution < -0.4 is 5.32 Å². The van der Waals surface area contributed by atoms with Crippen LogP contribution in [0.2, 0.25) is 0 Å². The van der Waals surface area contributed by atoms with Gasteiger partial charge in [-0.1, -0.05) is 13.3 Å². The standard InChI is InChI=1S/C14H24N2OS/c1-3-4-13(9-15-12-5-6-12)17-8-7-14-11(2)16-10-18-14/h10,12-13,15H,3-9H2,1-2H3. The van der Waals surface area contributed by atoms with Crippen molar-refractivity contribution < 1.29 is 4.74 Å². The monoisotopic (exact) mass is 268 g/mol. The van der Waals surface area contributed by atoms with Crippen molar-refractivity contribution in [3.05, 3.63) is 16.1 Å². The third-order valence-corrected chi connectivity index (χ3v) is 4.34. The summed E-state index contributed by atoms with van der Waals surface area (Å²) in [6.07, 6.45) is 6.42. The molecule has 102 valence electrons. The van der Waals surface area contributed by atoms with Gasteiger partial charge in [0, 0.05) is 23.9 Å². The number of nitrogens with zero attached hydrogens (tertiary/aromatic N) is 1. The van der Waals surface area contributed by atoms with Crippen molar-refractivity contribution >= 4 is 11.3 Å². The number of ether oxygens (including phenoxy) is 1. The molecule has 1 aliphatic carbocycles. The van der Waals surface area contributed by atoms with E-state index in [1.54, 1.807) is 11.3 Å². The number of thiazole rings is 1. The predicted octanol–water partition coefficient (Wildman–Crippen LogP) is 2.93. The Bertz CT molecular complexity index is 349.